The third kappa shape index (κ3) is 7.39. The molecule has 0 aliphatic carbocycles. The molecule has 0 radical (unpaired) electrons. The van der Waals surface area contributed by atoms with Crippen molar-refractivity contribution in [3.05, 3.63) is 95.2 Å². The van der Waals surface area contributed by atoms with Gasteiger partial charge < -0.3 is 18.6 Å². The van der Waals surface area contributed by atoms with Crippen molar-refractivity contribution < 1.29 is 23.4 Å². The van der Waals surface area contributed by atoms with E-state index in [2.05, 4.69) is 49.4 Å². The second kappa shape index (κ2) is 13.5. The van der Waals surface area contributed by atoms with Gasteiger partial charge in [-0.2, -0.15) is 0 Å². The van der Waals surface area contributed by atoms with E-state index < -0.39 is 0 Å². The molecule has 1 heterocycles. The van der Waals surface area contributed by atoms with E-state index in [0.29, 0.717) is 13.2 Å². The molecule has 4 rings (SSSR count). The number of ether oxygens (including phenoxy) is 3. The number of esters is 1. The van der Waals surface area contributed by atoms with Crippen LogP contribution < -0.4 is 9.47 Å². The van der Waals surface area contributed by atoms with Crippen LogP contribution in [0.15, 0.2) is 77.4 Å². The second-order valence-electron chi connectivity index (χ2n) is 9.22. The van der Waals surface area contributed by atoms with Gasteiger partial charge >= 0.3 is 5.97 Å². The van der Waals surface area contributed by atoms with Gasteiger partial charge in [0.05, 0.1) is 33.0 Å². The van der Waals surface area contributed by atoms with Gasteiger partial charge in [0.25, 0.3) is 0 Å². The monoisotopic (exact) mass is 500 g/mol. The largest absolute Gasteiger partial charge is 0.494 e. The van der Waals surface area contributed by atoms with Gasteiger partial charge in [-0.3, -0.25) is 4.79 Å². The molecular weight excluding hydrogens is 464 g/mol. The lowest BCUT2D eigenvalue weighted by atomic mass is 10.0. The molecule has 0 atom stereocenters. The summed E-state index contributed by atoms with van der Waals surface area (Å²) in [4.78, 5) is 11.5. The fourth-order valence-electron chi connectivity index (χ4n) is 4.49. The Morgan fingerprint density at radius 3 is 2.41 bits per heavy atom. The van der Waals surface area contributed by atoms with Crippen molar-refractivity contribution in [3.8, 4) is 11.5 Å². The Kier molecular flexibility index (Phi) is 9.64. The Hall–Kier alpha value is -3.73. The fraction of sp³-hybridized carbons (Fsp3) is 0.344. The standard InChI is InChI=1S/C32H36O5/c1-3-10-29-30(18-17-28-26(23-37-32(28)29)16-15-24-11-5-4-6-12-24)36-20-8-7-19-35-27-14-9-13-25(21-27)22-31(33)34-2/h4-6,9,11-14,17-18,21,23H,3,7-8,10,15-16,19-20,22H2,1-2H3. The zero-order valence-electron chi connectivity index (χ0n) is 21.8. The van der Waals surface area contributed by atoms with Crippen molar-refractivity contribution in [3.63, 3.8) is 0 Å². The molecule has 0 aliphatic heterocycles. The predicted octanol–water partition coefficient (Wildman–Crippen LogP) is 7.12. The molecule has 0 N–H and O–H groups in total. The Bertz CT molecular complexity index is 1280. The topological polar surface area (TPSA) is 57.9 Å². The van der Waals surface area contributed by atoms with Crippen LogP contribution in [0.5, 0.6) is 11.5 Å². The quantitative estimate of drug-likeness (QED) is 0.136. The summed E-state index contributed by atoms with van der Waals surface area (Å²) in [5.41, 5.74) is 5.58. The van der Waals surface area contributed by atoms with E-state index in [1.807, 2.05) is 30.5 Å². The molecule has 0 saturated heterocycles. The molecule has 1 aromatic heterocycles. The van der Waals surface area contributed by atoms with Crippen molar-refractivity contribution in [2.24, 2.45) is 0 Å². The number of carbonyl (C=O) groups excluding carboxylic acids is 1. The molecule has 0 spiro atoms. The van der Waals surface area contributed by atoms with E-state index >= 15 is 0 Å². The molecule has 194 valence electrons. The highest BCUT2D eigenvalue weighted by Crippen LogP contribution is 2.33. The zero-order valence-corrected chi connectivity index (χ0v) is 21.8. The Morgan fingerprint density at radius 2 is 1.62 bits per heavy atom. The van der Waals surface area contributed by atoms with Crippen LogP contribution in [0.3, 0.4) is 0 Å². The van der Waals surface area contributed by atoms with E-state index in [-0.39, 0.29) is 12.4 Å². The molecular formula is C32H36O5. The SMILES string of the molecule is CCCc1c(OCCCCOc2cccc(CC(=O)OC)c2)ccc2c(CCc3ccccc3)coc12. The summed E-state index contributed by atoms with van der Waals surface area (Å²) in [6, 6.07) is 22.4. The summed E-state index contributed by atoms with van der Waals surface area (Å²) in [6.45, 7) is 3.39. The number of unbranched alkanes of at least 4 members (excludes halogenated alkanes) is 1. The average Bonchev–Trinajstić information content (AvgIpc) is 3.34. The molecule has 3 aromatic carbocycles. The van der Waals surface area contributed by atoms with Gasteiger partial charge in [-0.05, 0) is 73.1 Å². The van der Waals surface area contributed by atoms with Gasteiger partial charge in [-0.25, -0.2) is 0 Å². The second-order valence-corrected chi connectivity index (χ2v) is 9.22. The van der Waals surface area contributed by atoms with E-state index in [4.69, 9.17) is 18.6 Å². The highest BCUT2D eigenvalue weighted by atomic mass is 16.5. The van der Waals surface area contributed by atoms with Crippen LogP contribution in [0.4, 0.5) is 0 Å². The van der Waals surface area contributed by atoms with Gasteiger partial charge in [0.2, 0.25) is 0 Å². The van der Waals surface area contributed by atoms with E-state index in [1.165, 1.54) is 23.6 Å². The summed E-state index contributed by atoms with van der Waals surface area (Å²) >= 11 is 0. The number of hydrogen-bond donors (Lipinski definition) is 0. The molecule has 0 amide bonds. The molecule has 5 nitrogen and oxygen atoms in total. The van der Waals surface area contributed by atoms with Crippen LogP contribution in [0.25, 0.3) is 11.0 Å². The first kappa shape index (κ1) is 26.3. The van der Waals surface area contributed by atoms with Crippen molar-refractivity contribution in [1.82, 2.24) is 0 Å². The maximum Gasteiger partial charge on any atom is 0.309 e. The lowest BCUT2D eigenvalue weighted by Gasteiger charge is -2.12. The van der Waals surface area contributed by atoms with E-state index in [0.717, 1.165) is 66.7 Å². The maximum absolute atomic E-state index is 11.5. The van der Waals surface area contributed by atoms with Gasteiger partial charge in [0.15, 0.2) is 0 Å². The summed E-state index contributed by atoms with van der Waals surface area (Å²) in [6.07, 6.45) is 7.80. The minimum absolute atomic E-state index is 0.246. The maximum atomic E-state index is 11.5. The van der Waals surface area contributed by atoms with Crippen LogP contribution in [-0.4, -0.2) is 26.3 Å². The number of benzene rings is 3. The van der Waals surface area contributed by atoms with Gasteiger partial charge in [0.1, 0.15) is 17.1 Å². The van der Waals surface area contributed by atoms with Crippen molar-refractivity contribution in [1.29, 1.82) is 0 Å². The number of carbonyl (C=O) groups is 1. The van der Waals surface area contributed by atoms with Crippen LogP contribution in [0.1, 0.15) is 48.4 Å². The van der Waals surface area contributed by atoms with Gasteiger partial charge in [-0.15, -0.1) is 0 Å². The molecule has 0 unspecified atom stereocenters. The molecule has 5 heteroatoms. The number of aryl methyl sites for hydroxylation is 3. The highest BCUT2D eigenvalue weighted by Gasteiger charge is 2.15. The number of rotatable bonds is 14. The van der Waals surface area contributed by atoms with Crippen molar-refractivity contribution in [2.75, 3.05) is 20.3 Å². The summed E-state index contributed by atoms with van der Waals surface area (Å²) in [5, 5.41) is 1.19. The first-order valence-corrected chi connectivity index (χ1v) is 13.1. The minimum Gasteiger partial charge on any atom is -0.494 e. The number of hydrogen-bond acceptors (Lipinski definition) is 5. The van der Waals surface area contributed by atoms with Crippen LogP contribution in [-0.2, 0) is 35.2 Å². The zero-order chi connectivity index (χ0) is 25.9. The van der Waals surface area contributed by atoms with Crippen molar-refractivity contribution in [2.45, 2.75) is 51.9 Å². The Morgan fingerprint density at radius 1 is 0.838 bits per heavy atom. The van der Waals surface area contributed by atoms with E-state index in [1.54, 1.807) is 0 Å². The third-order valence-corrected chi connectivity index (χ3v) is 6.45. The van der Waals surface area contributed by atoms with Gasteiger partial charge in [0, 0.05) is 10.9 Å². The summed E-state index contributed by atoms with van der Waals surface area (Å²) < 4.78 is 22.9. The molecule has 0 bridgehead atoms. The Balaban J connectivity index is 1.28. The van der Waals surface area contributed by atoms with Crippen molar-refractivity contribution >= 4 is 16.9 Å². The van der Waals surface area contributed by atoms with Crippen LogP contribution in [0.2, 0.25) is 0 Å². The molecule has 37 heavy (non-hydrogen) atoms. The lowest BCUT2D eigenvalue weighted by Crippen LogP contribution is -2.06. The number of methoxy groups -OCH3 is 1. The smallest absolute Gasteiger partial charge is 0.309 e. The number of fused-ring (bicyclic) bond motifs is 1. The average molecular weight is 501 g/mol. The normalized spacial score (nSPS) is 11.0. The summed E-state index contributed by atoms with van der Waals surface area (Å²) in [5.74, 6) is 1.42. The first-order chi connectivity index (χ1) is 18.2. The lowest BCUT2D eigenvalue weighted by molar-refractivity contribution is -0.139. The Labute approximate surface area is 219 Å². The van der Waals surface area contributed by atoms with E-state index in [9.17, 15) is 4.79 Å². The highest BCUT2D eigenvalue weighted by molar-refractivity contribution is 5.86. The number of furan rings is 1. The minimum atomic E-state index is -0.257. The van der Waals surface area contributed by atoms with Crippen LogP contribution in [0, 0.1) is 0 Å². The predicted molar refractivity (Wildman–Crippen MR) is 146 cm³/mol. The molecule has 0 fully saturated rings. The van der Waals surface area contributed by atoms with Crippen LogP contribution >= 0.6 is 0 Å². The van der Waals surface area contributed by atoms with Gasteiger partial charge in [-0.1, -0.05) is 55.8 Å². The summed E-state index contributed by atoms with van der Waals surface area (Å²) in [7, 11) is 1.40. The third-order valence-electron chi connectivity index (χ3n) is 6.45. The fourth-order valence-corrected chi connectivity index (χ4v) is 4.49. The molecule has 0 saturated carbocycles. The molecule has 4 aromatic rings. The molecule has 0 aliphatic rings. The first-order valence-electron chi connectivity index (χ1n) is 13.1.